The van der Waals surface area contributed by atoms with Crippen LogP contribution < -0.4 is 5.56 Å². The molecule has 0 atom stereocenters. The van der Waals surface area contributed by atoms with Crippen LogP contribution in [0.15, 0.2) is 59.4 Å². The summed E-state index contributed by atoms with van der Waals surface area (Å²) in [5.74, 6) is -1.28. The highest BCUT2D eigenvalue weighted by molar-refractivity contribution is 5.90. The molecular formula is C19H15FN2O3. The third kappa shape index (κ3) is 3.33. The Labute approximate surface area is 143 Å². The first-order valence-electron chi connectivity index (χ1n) is 7.55. The molecule has 0 aliphatic heterocycles. The number of ether oxygens (including phenoxy) is 1. The Morgan fingerprint density at radius 1 is 1.12 bits per heavy atom. The summed E-state index contributed by atoms with van der Waals surface area (Å²) in [7, 11) is 1.19. The molecule has 0 saturated carbocycles. The van der Waals surface area contributed by atoms with E-state index in [1.807, 2.05) is 31.2 Å². The van der Waals surface area contributed by atoms with Gasteiger partial charge in [-0.1, -0.05) is 35.9 Å². The predicted molar refractivity (Wildman–Crippen MR) is 91.3 cm³/mol. The molecule has 25 heavy (non-hydrogen) atoms. The largest absolute Gasteiger partial charge is 0.465 e. The maximum absolute atomic E-state index is 13.5. The monoisotopic (exact) mass is 338 g/mol. The molecule has 0 aliphatic rings. The number of halogens is 1. The van der Waals surface area contributed by atoms with E-state index in [9.17, 15) is 14.0 Å². The highest BCUT2D eigenvalue weighted by atomic mass is 19.1. The van der Waals surface area contributed by atoms with E-state index in [-0.39, 0.29) is 11.3 Å². The number of hydrogen-bond donors (Lipinski definition) is 0. The molecule has 0 radical (unpaired) electrons. The van der Waals surface area contributed by atoms with Gasteiger partial charge in [-0.2, -0.15) is 9.78 Å². The van der Waals surface area contributed by atoms with Crippen molar-refractivity contribution in [2.24, 2.45) is 0 Å². The fraction of sp³-hybridized carbons (Fsp3) is 0.105. The lowest BCUT2D eigenvalue weighted by molar-refractivity contribution is 0.0598. The normalized spacial score (nSPS) is 10.5. The zero-order valence-corrected chi connectivity index (χ0v) is 13.7. The molecule has 0 amide bonds. The summed E-state index contributed by atoms with van der Waals surface area (Å²) >= 11 is 0. The summed E-state index contributed by atoms with van der Waals surface area (Å²) in [6.07, 6.45) is 0. The maximum atomic E-state index is 13.5. The molecule has 6 heteroatoms. The van der Waals surface area contributed by atoms with Crippen LogP contribution in [-0.4, -0.2) is 22.9 Å². The molecule has 126 valence electrons. The summed E-state index contributed by atoms with van der Waals surface area (Å²) in [4.78, 5) is 24.6. The highest BCUT2D eigenvalue weighted by Crippen LogP contribution is 2.19. The third-order valence-electron chi connectivity index (χ3n) is 3.72. The van der Waals surface area contributed by atoms with E-state index in [4.69, 9.17) is 0 Å². The van der Waals surface area contributed by atoms with Gasteiger partial charge in [-0.15, -0.1) is 0 Å². The number of esters is 1. The van der Waals surface area contributed by atoms with Crippen LogP contribution in [0.2, 0.25) is 0 Å². The van der Waals surface area contributed by atoms with Crippen LogP contribution >= 0.6 is 0 Å². The second-order valence-electron chi connectivity index (χ2n) is 5.50. The summed E-state index contributed by atoms with van der Waals surface area (Å²) in [6, 6.07) is 14.3. The molecule has 3 aromatic rings. The molecular weight excluding hydrogens is 323 g/mol. The van der Waals surface area contributed by atoms with Crippen molar-refractivity contribution in [3.05, 3.63) is 81.9 Å². The van der Waals surface area contributed by atoms with E-state index >= 15 is 0 Å². The molecule has 0 N–H and O–H groups in total. The fourth-order valence-corrected chi connectivity index (χ4v) is 2.40. The quantitative estimate of drug-likeness (QED) is 0.689. The van der Waals surface area contributed by atoms with Crippen molar-refractivity contribution in [2.75, 3.05) is 7.11 Å². The van der Waals surface area contributed by atoms with E-state index in [1.54, 1.807) is 0 Å². The van der Waals surface area contributed by atoms with Gasteiger partial charge in [0.1, 0.15) is 11.4 Å². The van der Waals surface area contributed by atoms with E-state index in [0.29, 0.717) is 5.69 Å². The number of carbonyl (C=O) groups is 1. The van der Waals surface area contributed by atoms with Gasteiger partial charge in [0.05, 0.1) is 18.5 Å². The number of aromatic nitrogens is 2. The van der Waals surface area contributed by atoms with Gasteiger partial charge in [0, 0.05) is 5.56 Å². The van der Waals surface area contributed by atoms with Crippen LogP contribution in [0.3, 0.4) is 0 Å². The number of methoxy groups -OCH3 is 1. The third-order valence-corrected chi connectivity index (χ3v) is 3.72. The number of carbonyl (C=O) groups excluding carboxylic acids is 1. The number of hydrogen-bond acceptors (Lipinski definition) is 4. The van der Waals surface area contributed by atoms with Crippen LogP contribution in [0.4, 0.5) is 4.39 Å². The second kappa shape index (κ2) is 6.68. The van der Waals surface area contributed by atoms with Crippen molar-refractivity contribution in [2.45, 2.75) is 6.92 Å². The molecule has 5 nitrogen and oxygen atoms in total. The number of rotatable bonds is 3. The van der Waals surface area contributed by atoms with Gasteiger partial charge < -0.3 is 4.74 Å². The van der Waals surface area contributed by atoms with Gasteiger partial charge in [-0.05, 0) is 31.2 Å². The fourth-order valence-electron chi connectivity index (χ4n) is 2.40. The lowest BCUT2D eigenvalue weighted by Crippen LogP contribution is -2.28. The van der Waals surface area contributed by atoms with Gasteiger partial charge in [-0.25, -0.2) is 9.18 Å². The summed E-state index contributed by atoms with van der Waals surface area (Å²) < 4.78 is 19.2. The Bertz CT molecular complexity index is 994. The average Bonchev–Trinajstić information content (AvgIpc) is 2.62. The Morgan fingerprint density at radius 3 is 2.48 bits per heavy atom. The van der Waals surface area contributed by atoms with Crippen molar-refractivity contribution in [1.82, 2.24) is 9.78 Å². The second-order valence-corrected chi connectivity index (χ2v) is 5.50. The minimum atomic E-state index is -0.772. The lowest BCUT2D eigenvalue weighted by atomic mass is 10.1. The maximum Gasteiger partial charge on any atom is 0.343 e. The summed E-state index contributed by atoms with van der Waals surface area (Å²) in [5.41, 5.74) is 1.58. The zero-order valence-electron chi connectivity index (χ0n) is 13.7. The van der Waals surface area contributed by atoms with E-state index in [0.717, 1.165) is 15.8 Å². The first-order valence-corrected chi connectivity index (χ1v) is 7.55. The van der Waals surface area contributed by atoms with Crippen LogP contribution in [0, 0.1) is 12.7 Å². The molecule has 0 saturated heterocycles. The Morgan fingerprint density at radius 2 is 1.84 bits per heavy atom. The Kier molecular flexibility index (Phi) is 4.43. The van der Waals surface area contributed by atoms with Crippen LogP contribution in [0.1, 0.15) is 15.9 Å². The number of aryl methyl sites for hydroxylation is 1. The van der Waals surface area contributed by atoms with E-state index in [2.05, 4.69) is 9.84 Å². The zero-order chi connectivity index (χ0) is 18.0. The molecule has 0 fully saturated rings. The molecule has 1 aromatic heterocycles. The van der Waals surface area contributed by atoms with Gasteiger partial charge >= 0.3 is 5.97 Å². The minimum Gasteiger partial charge on any atom is -0.465 e. The first-order chi connectivity index (χ1) is 12.0. The van der Waals surface area contributed by atoms with Crippen LogP contribution in [-0.2, 0) is 4.74 Å². The van der Waals surface area contributed by atoms with Crippen molar-refractivity contribution >= 4 is 5.97 Å². The topological polar surface area (TPSA) is 61.2 Å². The van der Waals surface area contributed by atoms with Crippen LogP contribution in [0.5, 0.6) is 0 Å². The highest BCUT2D eigenvalue weighted by Gasteiger charge is 2.18. The van der Waals surface area contributed by atoms with Crippen LogP contribution in [0.25, 0.3) is 16.9 Å². The smallest absolute Gasteiger partial charge is 0.343 e. The van der Waals surface area contributed by atoms with Gasteiger partial charge in [0.25, 0.3) is 5.56 Å². The van der Waals surface area contributed by atoms with Crippen molar-refractivity contribution in [3.8, 4) is 16.9 Å². The van der Waals surface area contributed by atoms with Gasteiger partial charge in [0.15, 0.2) is 0 Å². The molecule has 0 aliphatic carbocycles. The predicted octanol–water partition coefficient (Wildman–Crippen LogP) is 3.13. The SMILES string of the molecule is COC(=O)c1cc(-c2ccc(C)cc2)nn(-c2cccc(F)c2)c1=O. The lowest BCUT2D eigenvalue weighted by Gasteiger charge is -2.10. The Balaban J connectivity index is 2.27. The van der Waals surface area contributed by atoms with Gasteiger partial charge in [0.2, 0.25) is 0 Å². The Hall–Kier alpha value is -3.28. The molecule has 0 unspecified atom stereocenters. The minimum absolute atomic E-state index is 0.169. The first kappa shape index (κ1) is 16.6. The molecule has 0 spiro atoms. The average molecular weight is 338 g/mol. The molecule has 2 aromatic carbocycles. The van der Waals surface area contributed by atoms with Crippen molar-refractivity contribution in [3.63, 3.8) is 0 Å². The van der Waals surface area contributed by atoms with Crippen molar-refractivity contribution in [1.29, 1.82) is 0 Å². The molecule has 0 bridgehead atoms. The molecule has 3 rings (SSSR count). The standard InChI is InChI=1S/C19H15FN2O3/c1-12-6-8-13(9-7-12)17-11-16(19(24)25-2)18(23)22(21-17)15-5-3-4-14(20)10-15/h3-11H,1-2H3. The summed E-state index contributed by atoms with van der Waals surface area (Å²) in [6.45, 7) is 1.95. The summed E-state index contributed by atoms with van der Waals surface area (Å²) in [5, 5.41) is 4.29. The number of nitrogens with zero attached hydrogens (tertiary/aromatic N) is 2. The van der Waals surface area contributed by atoms with E-state index < -0.39 is 17.3 Å². The van der Waals surface area contributed by atoms with Gasteiger partial charge in [-0.3, -0.25) is 4.79 Å². The van der Waals surface area contributed by atoms with E-state index in [1.165, 1.54) is 37.4 Å². The van der Waals surface area contributed by atoms with Crippen molar-refractivity contribution < 1.29 is 13.9 Å². The number of benzene rings is 2. The molecule has 1 heterocycles.